The number of carbonyl (C=O) groups is 1. The molecular weight excluding hydrogens is 435 g/mol. The zero-order valence-electron chi connectivity index (χ0n) is 18.7. The number of imidazole rings is 1. The smallest absolute Gasteiger partial charge is 0.227 e. The largest absolute Gasteiger partial charge is 0.497 e. The van der Waals surface area contributed by atoms with Gasteiger partial charge in [0, 0.05) is 23.7 Å². The molecule has 0 bridgehead atoms. The quantitative estimate of drug-likeness (QED) is 0.451. The van der Waals surface area contributed by atoms with Gasteiger partial charge in [0.25, 0.3) is 0 Å². The van der Waals surface area contributed by atoms with Crippen LogP contribution in [0.5, 0.6) is 5.75 Å². The fourth-order valence-corrected chi connectivity index (χ4v) is 4.53. The number of nitrogens with zero attached hydrogens (tertiary/aromatic N) is 4. The van der Waals surface area contributed by atoms with Crippen LogP contribution in [0.3, 0.4) is 0 Å². The third-order valence-corrected chi connectivity index (χ3v) is 6.36. The molecule has 0 aliphatic heterocycles. The molecule has 0 radical (unpaired) electrons. The predicted octanol–water partition coefficient (Wildman–Crippen LogP) is 4.59. The Morgan fingerprint density at radius 2 is 1.91 bits per heavy atom. The molecule has 0 unspecified atom stereocenters. The first-order valence-electron chi connectivity index (χ1n) is 11.2. The second-order valence-corrected chi connectivity index (χ2v) is 8.46. The van der Waals surface area contributed by atoms with Gasteiger partial charge >= 0.3 is 0 Å². The maximum Gasteiger partial charge on any atom is 0.227 e. The van der Waals surface area contributed by atoms with Crippen molar-refractivity contribution in [2.45, 2.75) is 31.7 Å². The molecule has 2 heterocycles. The molecule has 1 aliphatic carbocycles. The van der Waals surface area contributed by atoms with Crippen LogP contribution >= 0.6 is 0 Å². The molecule has 4 aromatic rings. The summed E-state index contributed by atoms with van der Waals surface area (Å²) < 4.78 is 21.5. The molecule has 0 saturated heterocycles. The van der Waals surface area contributed by atoms with Crippen LogP contribution in [0.2, 0.25) is 0 Å². The molecule has 34 heavy (non-hydrogen) atoms. The second kappa shape index (κ2) is 9.09. The Bertz CT molecular complexity index is 1350. The number of nitrogens with two attached hydrogens (primary N) is 1. The van der Waals surface area contributed by atoms with Gasteiger partial charge in [0.2, 0.25) is 5.91 Å². The van der Waals surface area contributed by atoms with E-state index < -0.39 is 5.82 Å². The first-order valence-corrected chi connectivity index (χ1v) is 11.2. The van der Waals surface area contributed by atoms with Crippen LogP contribution in [0.15, 0.2) is 54.9 Å². The maximum absolute atomic E-state index is 14.3. The number of halogens is 1. The van der Waals surface area contributed by atoms with Crippen LogP contribution in [0, 0.1) is 11.7 Å². The van der Waals surface area contributed by atoms with Gasteiger partial charge in [-0.2, -0.15) is 0 Å². The van der Waals surface area contributed by atoms with Crippen molar-refractivity contribution in [2.24, 2.45) is 5.92 Å². The van der Waals surface area contributed by atoms with Crippen molar-refractivity contribution in [1.29, 1.82) is 0 Å². The number of benzene rings is 2. The standard InChI is InChI=1S/C25H25FN6O2/c1-34-18-6-4-5-16(13-18)29-25(33)15-9-11-17(12-10-15)32-14-28-21-22(27)30-23(31-24(21)32)19-7-2-3-8-20(19)26/h2-8,13-15,17H,9-12H2,1H3,(H,29,33)(H2,27,30,31)/t15-,17+. The highest BCUT2D eigenvalue weighted by atomic mass is 19.1. The van der Waals surface area contributed by atoms with E-state index in [-0.39, 0.29) is 29.5 Å². The lowest BCUT2D eigenvalue weighted by Gasteiger charge is -2.28. The monoisotopic (exact) mass is 460 g/mol. The Hall–Kier alpha value is -4.01. The minimum Gasteiger partial charge on any atom is -0.497 e. The maximum atomic E-state index is 14.3. The first kappa shape index (κ1) is 21.8. The molecule has 3 N–H and O–H groups in total. The van der Waals surface area contributed by atoms with E-state index in [0.29, 0.717) is 22.5 Å². The Labute approximate surface area is 196 Å². The molecular formula is C25H25FN6O2. The summed E-state index contributed by atoms with van der Waals surface area (Å²) in [4.78, 5) is 26.1. The second-order valence-electron chi connectivity index (χ2n) is 8.46. The lowest BCUT2D eigenvalue weighted by Crippen LogP contribution is -2.28. The van der Waals surface area contributed by atoms with Crippen LogP contribution in [-0.4, -0.2) is 32.5 Å². The molecule has 9 heteroatoms. The molecule has 1 aliphatic rings. The number of nitrogens with one attached hydrogen (secondary N) is 1. The molecule has 5 rings (SSSR count). The van der Waals surface area contributed by atoms with Crippen molar-refractivity contribution < 1.29 is 13.9 Å². The number of amides is 1. The van der Waals surface area contributed by atoms with Gasteiger partial charge in [0.15, 0.2) is 17.3 Å². The summed E-state index contributed by atoms with van der Waals surface area (Å²) in [6, 6.07) is 13.8. The Balaban J connectivity index is 1.33. The fourth-order valence-electron chi connectivity index (χ4n) is 4.53. The van der Waals surface area contributed by atoms with Gasteiger partial charge in [-0.05, 0) is 49.9 Å². The highest BCUT2D eigenvalue weighted by Gasteiger charge is 2.29. The molecule has 1 amide bonds. The number of nitrogen functional groups attached to an aromatic ring is 1. The zero-order valence-corrected chi connectivity index (χ0v) is 18.7. The summed E-state index contributed by atoms with van der Waals surface area (Å²) in [5.74, 6) is 0.672. The Kier molecular flexibility index (Phi) is 5.83. The van der Waals surface area contributed by atoms with Crippen LogP contribution in [0.25, 0.3) is 22.6 Å². The minimum absolute atomic E-state index is 0.00982. The van der Waals surface area contributed by atoms with Crippen molar-refractivity contribution in [3.8, 4) is 17.1 Å². The predicted molar refractivity (Wildman–Crippen MR) is 128 cm³/mol. The number of ether oxygens (including phenoxy) is 1. The van der Waals surface area contributed by atoms with Gasteiger partial charge in [-0.3, -0.25) is 4.79 Å². The number of fused-ring (bicyclic) bond motifs is 1. The third kappa shape index (κ3) is 4.16. The summed E-state index contributed by atoms with van der Waals surface area (Å²) >= 11 is 0. The highest BCUT2D eigenvalue weighted by Crippen LogP contribution is 2.35. The first-order chi connectivity index (χ1) is 16.5. The third-order valence-electron chi connectivity index (χ3n) is 6.36. The number of anilines is 2. The SMILES string of the molecule is COc1cccc(NC(=O)[C@H]2CC[C@@H](n3cnc4c(N)nc(-c5ccccc5F)nc43)CC2)c1. The molecule has 2 aromatic heterocycles. The summed E-state index contributed by atoms with van der Waals surface area (Å²) in [5, 5.41) is 2.99. The van der Waals surface area contributed by atoms with E-state index in [1.807, 2.05) is 22.8 Å². The number of hydrogen-bond donors (Lipinski definition) is 2. The van der Waals surface area contributed by atoms with Crippen LogP contribution in [0.1, 0.15) is 31.7 Å². The van der Waals surface area contributed by atoms with Crippen molar-refractivity contribution in [3.63, 3.8) is 0 Å². The molecule has 0 atom stereocenters. The van der Waals surface area contributed by atoms with Gasteiger partial charge in [-0.1, -0.05) is 18.2 Å². The van der Waals surface area contributed by atoms with Gasteiger partial charge in [-0.15, -0.1) is 0 Å². The Morgan fingerprint density at radius 3 is 2.68 bits per heavy atom. The molecule has 174 valence electrons. The molecule has 1 fully saturated rings. The molecule has 8 nitrogen and oxygen atoms in total. The highest BCUT2D eigenvalue weighted by molar-refractivity contribution is 5.92. The normalized spacial score (nSPS) is 18.1. The molecule has 0 spiro atoms. The fraction of sp³-hybridized carbons (Fsp3) is 0.280. The number of rotatable bonds is 5. The summed E-state index contributed by atoms with van der Waals surface area (Å²) in [7, 11) is 1.60. The zero-order chi connectivity index (χ0) is 23.7. The van der Waals surface area contributed by atoms with Crippen molar-refractivity contribution in [1.82, 2.24) is 19.5 Å². The summed E-state index contributed by atoms with van der Waals surface area (Å²) in [6.07, 6.45) is 4.77. The van der Waals surface area contributed by atoms with E-state index in [0.717, 1.165) is 31.4 Å². The van der Waals surface area contributed by atoms with E-state index in [1.54, 1.807) is 37.7 Å². The van der Waals surface area contributed by atoms with Gasteiger partial charge in [0.05, 0.1) is 19.0 Å². The number of methoxy groups -OCH3 is 1. The van der Waals surface area contributed by atoms with E-state index in [1.165, 1.54) is 6.07 Å². The van der Waals surface area contributed by atoms with Crippen molar-refractivity contribution in [3.05, 3.63) is 60.7 Å². The average molecular weight is 461 g/mol. The molecule has 2 aromatic carbocycles. The van der Waals surface area contributed by atoms with Crippen molar-refractivity contribution in [2.75, 3.05) is 18.2 Å². The summed E-state index contributed by atoms with van der Waals surface area (Å²) in [5.41, 5.74) is 8.22. The minimum atomic E-state index is -0.408. The number of hydrogen-bond acceptors (Lipinski definition) is 6. The number of aromatic nitrogens is 4. The summed E-state index contributed by atoms with van der Waals surface area (Å²) in [6.45, 7) is 0. The van der Waals surface area contributed by atoms with Gasteiger partial charge < -0.3 is 20.4 Å². The topological polar surface area (TPSA) is 108 Å². The van der Waals surface area contributed by atoms with E-state index in [4.69, 9.17) is 10.5 Å². The lowest BCUT2D eigenvalue weighted by molar-refractivity contribution is -0.120. The number of carbonyl (C=O) groups excluding carboxylic acids is 1. The molecule has 1 saturated carbocycles. The average Bonchev–Trinajstić information content (AvgIpc) is 3.29. The van der Waals surface area contributed by atoms with E-state index in [9.17, 15) is 9.18 Å². The van der Waals surface area contributed by atoms with E-state index in [2.05, 4.69) is 20.3 Å². The van der Waals surface area contributed by atoms with Gasteiger partial charge in [-0.25, -0.2) is 19.3 Å². The van der Waals surface area contributed by atoms with Crippen LogP contribution < -0.4 is 15.8 Å². The van der Waals surface area contributed by atoms with Crippen molar-refractivity contribution >= 4 is 28.6 Å². The van der Waals surface area contributed by atoms with Gasteiger partial charge in [0.1, 0.15) is 17.1 Å². The van der Waals surface area contributed by atoms with Crippen LogP contribution in [-0.2, 0) is 4.79 Å². The van der Waals surface area contributed by atoms with Crippen LogP contribution in [0.4, 0.5) is 15.9 Å². The lowest BCUT2D eigenvalue weighted by atomic mass is 9.85. The Morgan fingerprint density at radius 1 is 1.12 bits per heavy atom. The van der Waals surface area contributed by atoms with E-state index >= 15 is 0 Å².